The summed E-state index contributed by atoms with van der Waals surface area (Å²) in [4.78, 5) is 33.0. The monoisotopic (exact) mass is 427 g/mol. The summed E-state index contributed by atoms with van der Waals surface area (Å²) in [5.74, 6) is 0.920. The summed E-state index contributed by atoms with van der Waals surface area (Å²) in [6.07, 6.45) is 2.54. The van der Waals surface area contributed by atoms with Crippen LogP contribution in [0.4, 0.5) is 0 Å². The van der Waals surface area contributed by atoms with Crippen molar-refractivity contribution in [2.24, 2.45) is 0 Å². The molecule has 1 amide bonds. The molecule has 32 heavy (non-hydrogen) atoms. The third kappa shape index (κ3) is 3.70. The van der Waals surface area contributed by atoms with Gasteiger partial charge in [0.15, 0.2) is 5.82 Å². The van der Waals surface area contributed by atoms with Crippen LogP contribution in [-0.4, -0.2) is 43.1 Å². The number of hydrogen-bond acceptors (Lipinski definition) is 4. The van der Waals surface area contributed by atoms with Crippen LogP contribution in [0.3, 0.4) is 0 Å². The van der Waals surface area contributed by atoms with Crippen LogP contribution >= 0.6 is 0 Å². The minimum absolute atomic E-state index is 0.0473. The van der Waals surface area contributed by atoms with Gasteiger partial charge in [-0.25, -0.2) is 0 Å². The van der Waals surface area contributed by atoms with Crippen molar-refractivity contribution in [3.63, 3.8) is 0 Å². The van der Waals surface area contributed by atoms with Crippen molar-refractivity contribution < 1.29 is 4.79 Å². The molecule has 0 aliphatic carbocycles. The van der Waals surface area contributed by atoms with E-state index in [4.69, 9.17) is 0 Å². The molecule has 7 heteroatoms. The number of carbonyl (C=O) groups excluding carboxylic acids is 1. The van der Waals surface area contributed by atoms with Crippen molar-refractivity contribution >= 4 is 11.7 Å². The van der Waals surface area contributed by atoms with Gasteiger partial charge in [0.05, 0.1) is 0 Å². The lowest BCUT2D eigenvalue weighted by Gasteiger charge is -2.19. The van der Waals surface area contributed by atoms with Crippen molar-refractivity contribution in [2.45, 2.75) is 32.7 Å². The first-order chi connectivity index (χ1) is 15.6. The zero-order valence-corrected chi connectivity index (χ0v) is 18.1. The van der Waals surface area contributed by atoms with Gasteiger partial charge in [0.25, 0.3) is 5.56 Å². The Bertz CT molecular complexity index is 1320. The molecule has 7 nitrogen and oxygen atoms in total. The number of rotatable bonds is 5. The van der Waals surface area contributed by atoms with Crippen LogP contribution in [0.5, 0.6) is 0 Å². The maximum absolute atomic E-state index is 13.4. The van der Waals surface area contributed by atoms with E-state index in [2.05, 4.69) is 10.1 Å². The van der Waals surface area contributed by atoms with Crippen LogP contribution in [0.2, 0.25) is 0 Å². The molecule has 1 saturated heterocycles. The maximum atomic E-state index is 13.4. The number of aromatic nitrogens is 4. The lowest BCUT2D eigenvalue weighted by atomic mass is 10.0. The molecule has 0 N–H and O–H groups in total. The highest BCUT2D eigenvalue weighted by Gasteiger charge is 2.23. The van der Waals surface area contributed by atoms with Crippen molar-refractivity contribution in [1.82, 2.24) is 24.1 Å². The lowest BCUT2D eigenvalue weighted by molar-refractivity contribution is -0.130. The molecule has 0 bridgehead atoms. The van der Waals surface area contributed by atoms with Gasteiger partial charge in [-0.15, -0.1) is 5.10 Å². The molecule has 0 unspecified atom stereocenters. The normalized spacial score (nSPS) is 13.7. The number of amides is 1. The molecular formula is C25H25N5O2. The topological polar surface area (TPSA) is 72.5 Å². The first-order valence-corrected chi connectivity index (χ1v) is 11.0. The molecule has 0 spiro atoms. The minimum atomic E-state index is -0.194. The van der Waals surface area contributed by atoms with E-state index < -0.39 is 0 Å². The Morgan fingerprint density at radius 1 is 0.969 bits per heavy atom. The average Bonchev–Trinajstić information content (AvgIpc) is 3.52. The van der Waals surface area contributed by atoms with Crippen molar-refractivity contribution in [3.05, 3.63) is 87.8 Å². The van der Waals surface area contributed by atoms with E-state index in [0.717, 1.165) is 42.8 Å². The van der Waals surface area contributed by atoms with Crippen LogP contribution in [0.25, 0.3) is 17.2 Å². The Hall–Kier alpha value is -3.74. The van der Waals surface area contributed by atoms with Crippen LogP contribution in [0, 0.1) is 6.92 Å². The van der Waals surface area contributed by atoms with Crippen molar-refractivity contribution in [3.8, 4) is 11.4 Å². The summed E-state index contributed by atoms with van der Waals surface area (Å²) in [5.41, 5.74) is 3.05. The number of hydrogen-bond donors (Lipinski definition) is 0. The molecule has 2 aromatic carbocycles. The minimum Gasteiger partial charge on any atom is -0.341 e. The van der Waals surface area contributed by atoms with E-state index in [1.807, 2.05) is 77.1 Å². The van der Waals surface area contributed by atoms with E-state index in [9.17, 15) is 9.59 Å². The highest BCUT2D eigenvalue weighted by molar-refractivity contribution is 5.77. The van der Waals surface area contributed by atoms with E-state index >= 15 is 0 Å². The van der Waals surface area contributed by atoms with Crippen LogP contribution in [0.1, 0.15) is 29.7 Å². The van der Waals surface area contributed by atoms with Crippen molar-refractivity contribution in [2.75, 3.05) is 13.1 Å². The van der Waals surface area contributed by atoms with Crippen LogP contribution < -0.4 is 5.56 Å². The molecule has 3 heterocycles. The number of likely N-dealkylation sites (tertiary alicyclic amines) is 1. The zero-order chi connectivity index (χ0) is 22.1. The molecule has 1 fully saturated rings. The molecule has 5 rings (SSSR count). The molecule has 0 radical (unpaired) electrons. The molecule has 4 aromatic rings. The van der Waals surface area contributed by atoms with Gasteiger partial charge >= 0.3 is 0 Å². The van der Waals surface area contributed by atoms with Gasteiger partial charge in [0.1, 0.15) is 6.54 Å². The summed E-state index contributed by atoms with van der Waals surface area (Å²) in [6, 6.07) is 19.5. The molecular weight excluding hydrogens is 402 g/mol. The molecule has 2 aromatic heterocycles. The van der Waals surface area contributed by atoms with E-state index in [0.29, 0.717) is 23.6 Å². The number of carbonyl (C=O) groups is 1. The second-order valence-electron chi connectivity index (χ2n) is 8.22. The van der Waals surface area contributed by atoms with Gasteiger partial charge in [-0.3, -0.25) is 9.59 Å². The van der Waals surface area contributed by atoms with E-state index in [1.54, 1.807) is 0 Å². The molecule has 0 saturated carbocycles. The summed E-state index contributed by atoms with van der Waals surface area (Å²) in [5, 5.41) is 4.54. The first-order valence-electron chi connectivity index (χ1n) is 11.0. The van der Waals surface area contributed by atoms with Crippen LogP contribution in [0.15, 0.2) is 65.5 Å². The highest BCUT2D eigenvalue weighted by Crippen LogP contribution is 2.19. The fourth-order valence-electron chi connectivity index (χ4n) is 4.31. The van der Waals surface area contributed by atoms with Gasteiger partial charge in [0.2, 0.25) is 11.7 Å². The number of fused-ring (bicyclic) bond motifs is 1. The van der Waals surface area contributed by atoms with E-state index in [1.165, 1.54) is 4.52 Å². The summed E-state index contributed by atoms with van der Waals surface area (Å²) < 4.78 is 3.20. The second-order valence-corrected chi connectivity index (χ2v) is 8.22. The zero-order valence-electron chi connectivity index (χ0n) is 18.1. The fourth-order valence-corrected chi connectivity index (χ4v) is 4.31. The first kappa shape index (κ1) is 20.2. The quantitative estimate of drug-likeness (QED) is 0.491. The molecule has 162 valence electrons. The molecule has 1 aliphatic heterocycles. The lowest BCUT2D eigenvalue weighted by Crippen LogP contribution is -2.34. The average molecular weight is 428 g/mol. The molecule has 0 atom stereocenters. The third-order valence-electron chi connectivity index (χ3n) is 6.13. The fraction of sp³-hybridized carbons (Fsp3) is 0.280. The Morgan fingerprint density at radius 2 is 1.62 bits per heavy atom. The second kappa shape index (κ2) is 8.42. The van der Waals surface area contributed by atoms with Gasteiger partial charge in [-0.1, -0.05) is 60.7 Å². The largest absolute Gasteiger partial charge is 0.341 e. The summed E-state index contributed by atoms with van der Waals surface area (Å²) in [7, 11) is 0. The summed E-state index contributed by atoms with van der Waals surface area (Å²) in [6.45, 7) is 3.61. The molecule has 1 aliphatic rings. The van der Waals surface area contributed by atoms with Gasteiger partial charge in [-0.2, -0.15) is 9.50 Å². The predicted molar refractivity (Wildman–Crippen MR) is 122 cm³/mol. The number of benzene rings is 2. The van der Waals surface area contributed by atoms with Gasteiger partial charge < -0.3 is 9.47 Å². The Kier molecular flexibility index (Phi) is 5.31. The highest BCUT2D eigenvalue weighted by atomic mass is 16.2. The van der Waals surface area contributed by atoms with Gasteiger partial charge in [-0.05, 0) is 25.3 Å². The SMILES string of the molecule is Cc1c(Cc2ccccc2)c(=O)n2nc(-c3ccccc3)nc2n1CC(=O)N1CCCC1. The smallest absolute Gasteiger partial charge is 0.279 e. The Labute approximate surface area is 185 Å². The third-order valence-corrected chi connectivity index (χ3v) is 6.13. The van der Waals surface area contributed by atoms with Crippen LogP contribution in [-0.2, 0) is 17.8 Å². The predicted octanol–water partition coefficient (Wildman–Crippen LogP) is 3.08. The maximum Gasteiger partial charge on any atom is 0.279 e. The number of nitrogens with zero attached hydrogens (tertiary/aromatic N) is 5. The Morgan fingerprint density at radius 3 is 2.31 bits per heavy atom. The van der Waals surface area contributed by atoms with Crippen molar-refractivity contribution in [1.29, 1.82) is 0 Å². The van der Waals surface area contributed by atoms with E-state index in [-0.39, 0.29) is 18.0 Å². The van der Waals surface area contributed by atoms with Gasteiger partial charge in [0, 0.05) is 36.3 Å². The summed E-state index contributed by atoms with van der Waals surface area (Å²) >= 11 is 0. The Balaban J connectivity index is 1.66. The standard InChI is InChI=1S/C25H25N5O2/c1-18-21(16-19-10-4-2-5-11-19)24(32)30-25(26-23(27-30)20-12-6-3-7-13-20)29(18)17-22(31)28-14-8-9-15-28/h2-7,10-13H,8-9,14-17H2,1H3.